The van der Waals surface area contributed by atoms with Gasteiger partial charge >= 0.3 is 5.97 Å². The Labute approximate surface area is 144 Å². The maximum absolute atomic E-state index is 12.3. The van der Waals surface area contributed by atoms with Crippen molar-refractivity contribution in [2.75, 3.05) is 7.11 Å². The van der Waals surface area contributed by atoms with E-state index in [1.165, 1.54) is 7.11 Å². The molecule has 0 saturated heterocycles. The van der Waals surface area contributed by atoms with Gasteiger partial charge in [-0.15, -0.1) is 0 Å². The summed E-state index contributed by atoms with van der Waals surface area (Å²) in [4.78, 5) is 12.3. The van der Waals surface area contributed by atoms with Gasteiger partial charge in [0.15, 0.2) is 0 Å². The molecule has 0 aromatic rings. The molecule has 1 unspecified atom stereocenters. The van der Waals surface area contributed by atoms with Crippen molar-refractivity contribution in [2.45, 2.75) is 64.1 Å². The number of methoxy groups -OCH3 is 1. The van der Waals surface area contributed by atoms with Gasteiger partial charge < -0.3 is 14.9 Å². The van der Waals surface area contributed by atoms with Crippen molar-refractivity contribution in [3.05, 3.63) is 12.2 Å². The molecule has 0 radical (unpaired) electrons. The second kappa shape index (κ2) is 5.31. The van der Waals surface area contributed by atoms with Gasteiger partial charge in [0.2, 0.25) is 0 Å². The molecule has 2 N–H and O–H groups in total. The normalized spacial score (nSPS) is 53.2. The van der Waals surface area contributed by atoms with E-state index in [0.717, 1.165) is 44.1 Å². The highest BCUT2D eigenvalue weighted by Crippen LogP contribution is 2.70. The van der Waals surface area contributed by atoms with E-state index >= 15 is 0 Å². The molecule has 0 amide bonds. The minimum atomic E-state index is -0.454. The predicted molar refractivity (Wildman–Crippen MR) is 90.0 cm³/mol. The number of hydrogen-bond donors (Lipinski definition) is 2. The van der Waals surface area contributed by atoms with Crippen molar-refractivity contribution < 1.29 is 19.7 Å². The summed E-state index contributed by atoms with van der Waals surface area (Å²) in [6, 6.07) is 0. The number of rotatable bonds is 1. The molecule has 4 aliphatic rings. The third-order valence-electron chi connectivity index (χ3n) is 8.30. The molecular formula is C20H30O4. The van der Waals surface area contributed by atoms with Crippen molar-refractivity contribution >= 4 is 5.97 Å². The van der Waals surface area contributed by atoms with Crippen molar-refractivity contribution in [3.8, 4) is 0 Å². The summed E-state index contributed by atoms with van der Waals surface area (Å²) in [6.07, 6.45) is 5.51. The van der Waals surface area contributed by atoms with E-state index < -0.39 is 12.2 Å². The molecule has 24 heavy (non-hydrogen) atoms. The molecule has 4 heteroatoms. The summed E-state index contributed by atoms with van der Waals surface area (Å²) in [7, 11) is 1.45. The van der Waals surface area contributed by atoms with E-state index in [9.17, 15) is 15.0 Å². The first-order valence-electron chi connectivity index (χ1n) is 9.46. The Bertz CT molecular complexity index is 572. The Balaban J connectivity index is 1.74. The highest BCUT2D eigenvalue weighted by atomic mass is 16.5. The van der Waals surface area contributed by atoms with E-state index in [-0.39, 0.29) is 28.6 Å². The number of carbonyl (C=O) groups is 1. The Morgan fingerprint density at radius 2 is 2.00 bits per heavy atom. The van der Waals surface area contributed by atoms with Gasteiger partial charge in [-0.25, -0.2) is 0 Å². The van der Waals surface area contributed by atoms with Crippen LogP contribution in [0.1, 0.15) is 51.9 Å². The summed E-state index contributed by atoms with van der Waals surface area (Å²) in [5, 5.41) is 21.5. The number of esters is 1. The number of carbonyl (C=O) groups excluding carboxylic acids is 1. The SMILES string of the molecule is C=C1[C@@H]2CC[C@@H]3[C@@](CCC4[C@H](C(=O)OC)C[C@@H](O)C[C@]43C)(C2)[C@@H]1O. The molecule has 134 valence electrons. The number of hydrogen-bond acceptors (Lipinski definition) is 4. The first kappa shape index (κ1) is 16.6. The summed E-state index contributed by atoms with van der Waals surface area (Å²) in [5.74, 6) is 0.686. The molecule has 0 aliphatic heterocycles. The van der Waals surface area contributed by atoms with Crippen LogP contribution in [0.2, 0.25) is 0 Å². The molecular weight excluding hydrogens is 304 g/mol. The zero-order valence-electron chi connectivity index (χ0n) is 14.8. The Kier molecular flexibility index (Phi) is 3.67. The topological polar surface area (TPSA) is 66.8 Å². The fraction of sp³-hybridized carbons (Fsp3) is 0.850. The fourth-order valence-electron chi connectivity index (χ4n) is 7.40. The first-order chi connectivity index (χ1) is 11.3. The predicted octanol–water partition coefficient (Wildman–Crippen LogP) is 2.68. The maximum atomic E-state index is 12.3. The lowest BCUT2D eigenvalue weighted by Crippen LogP contribution is -2.59. The monoisotopic (exact) mass is 334 g/mol. The molecule has 4 aliphatic carbocycles. The molecule has 0 heterocycles. The largest absolute Gasteiger partial charge is 0.469 e. The number of ether oxygens (including phenoxy) is 1. The van der Waals surface area contributed by atoms with Gasteiger partial charge in [-0.05, 0) is 73.7 Å². The number of aliphatic hydroxyl groups excluding tert-OH is 2. The van der Waals surface area contributed by atoms with Crippen molar-refractivity contribution in [1.82, 2.24) is 0 Å². The van der Waals surface area contributed by atoms with Gasteiger partial charge in [-0.2, -0.15) is 0 Å². The number of aliphatic hydroxyl groups is 2. The molecule has 4 saturated carbocycles. The highest BCUT2D eigenvalue weighted by molar-refractivity contribution is 5.73. The quantitative estimate of drug-likeness (QED) is 0.571. The van der Waals surface area contributed by atoms with Gasteiger partial charge in [0.25, 0.3) is 0 Å². The third-order valence-corrected chi connectivity index (χ3v) is 8.30. The summed E-state index contributed by atoms with van der Waals surface area (Å²) < 4.78 is 5.05. The number of fused-ring (bicyclic) bond motifs is 3. The lowest BCUT2D eigenvalue weighted by Gasteiger charge is -2.62. The van der Waals surface area contributed by atoms with E-state index in [1.807, 2.05) is 0 Å². The van der Waals surface area contributed by atoms with Crippen LogP contribution in [0.5, 0.6) is 0 Å². The summed E-state index contributed by atoms with van der Waals surface area (Å²) >= 11 is 0. The Hall–Kier alpha value is -0.870. The second-order valence-electron chi connectivity index (χ2n) is 9.12. The van der Waals surface area contributed by atoms with Crippen LogP contribution in [0.4, 0.5) is 0 Å². The van der Waals surface area contributed by atoms with Gasteiger partial charge in [0.05, 0.1) is 25.2 Å². The first-order valence-corrected chi connectivity index (χ1v) is 9.46. The van der Waals surface area contributed by atoms with E-state index in [4.69, 9.17) is 4.74 Å². The molecule has 4 fully saturated rings. The van der Waals surface area contributed by atoms with Crippen LogP contribution in [-0.2, 0) is 9.53 Å². The van der Waals surface area contributed by atoms with Crippen molar-refractivity contribution in [2.24, 2.45) is 34.5 Å². The van der Waals surface area contributed by atoms with Gasteiger partial charge in [-0.1, -0.05) is 13.5 Å². The van der Waals surface area contributed by atoms with Gasteiger partial charge in [0.1, 0.15) is 0 Å². The zero-order valence-corrected chi connectivity index (χ0v) is 14.8. The van der Waals surface area contributed by atoms with E-state index in [0.29, 0.717) is 18.3 Å². The zero-order chi connectivity index (χ0) is 17.3. The minimum absolute atomic E-state index is 0.0804. The molecule has 0 aromatic carbocycles. The Morgan fingerprint density at radius 1 is 1.25 bits per heavy atom. The van der Waals surface area contributed by atoms with E-state index in [2.05, 4.69) is 13.5 Å². The third kappa shape index (κ3) is 1.96. The van der Waals surface area contributed by atoms with Gasteiger partial charge in [-0.3, -0.25) is 4.79 Å². The lowest BCUT2D eigenvalue weighted by molar-refractivity contribution is -0.185. The lowest BCUT2D eigenvalue weighted by atomic mass is 9.43. The molecule has 0 aromatic heterocycles. The van der Waals surface area contributed by atoms with Crippen LogP contribution in [-0.4, -0.2) is 35.5 Å². The molecule has 4 nitrogen and oxygen atoms in total. The van der Waals surface area contributed by atoms with Crippen LogP contribution in [0.25, 0.3) is 0 Å². The average molecular weight is 334 g/mol. The summed E-state index contributed by atoms with van der Waals surface area (Å²) in [6.45, 7) is 6.45. The standard InChI is InChI=1S/C20H30O4/c1-11-12-4-5-16-19(2)10-13(21)8-14(18(23)24-3)15(19)6-7-20(16,9-12)17(11)22/h12-17,21-22H,1,4-10H2,2-3H3/t12-,13-,14-,15?,16+,17-,19-,20-/m1/s1. The van der Waals surface area contributed by atoms with Crippen molar-refractivity contribution in [1.29, 1.82) is 0 Å². The van der Waals surface area contributed by atoms with Crippen LogP contribution in [0, 0.1) is 34.5 Å². The molecule has 8 atom stereocenters. The molecule has 4 rings (SSSR count). The van der Waals surface area contributed by atoms with E-state index in [1.54, 1.807) is 0 Å². The fourth-order valence-corrected chi connectivity index (χ4v) is 7.40. The Morgan fingerprint density at radius 3 is 2.71 bits per heavy atom. The van der Waals surface area contributed by atoms with Crippen LogP contribution >= 0.6 is 0 Å². The minimum Gasteiger partial charge on any atom is -0.469 e. The van der Waals surface area contributed by atoms with Crippen molar-refractivity contribution in [3.63, 3.8) is 0 Å². The highest BCUT2D eigenvalue weighted by Gasteiger charge is 2.66. The molecule has 1 spiro atoms. The molecule has 2 bridgehead atoms. The summed E-state index contributed by atoms with van der Waals surface area (Å²) in [5.41, 5.74) is 0.842. The smallest absolute Gasteiger partial charge is 0.309 e. The van der Waals surface area contributed by atoms with Gasteiger partial charge in [0, 0.05) is 5.41 Å². The van der Waals surface area contributed by atoms with Crippen LogP contribution in [0.15, 0.2) is 12.2 Å². The van der Waals surface area contributed by atoms with Crippen LogP contribution < -0.4 is 0 Å². The van der Waals surface area contributed by atoms with Crippen LogP contribution in [0.3, 0.4) is 0 Å². The second-order valence-corrected chi connectivity index (χ2v) is 9.12. The maximum Gasteiger partial charge on any atom is 0.309 e. The average Bonchev–Trinajstić information content (AvgIpc) is 2.73.